The number of fused-ring (bicyclic) bond motifs is 5. The van der Waals surface area contributed by atoms with Gasteiger partial charge in [0.1, 0.15) is 42.2 Å². The van der Waals surface area contributed by atoms with Crippen LogP contribution in [0.15, 0.2) is 0 Å². The first kappa shape index (κ1) is 40.2. The van der Waals surface area contributed by atoms with Gasteiger partial charge in [0.2, 0.25) is 0 Å². The van der Waals surface area contributed by atoms with Crippen LogP contribution in [0.1, 0.15) is 92.4 Å². The predicted octanol–water partition coefficient (Wildman–Crippen LogP) is 0.670. The lowest BCUT2D eigenvalue weighted by Crippen LogP contribution is -2.69. The van der Waals surface area contributed by atoms with Gasteiger partial charge in [0.25, 0.3) is 0 Å². The van der Waals surface area contributed by atoms with E-state index in [0.29, 0.717) is 32.3 Å². The van der Waals surface area contributed by atoms with Crippen LogP contribution in [0.3, 0.4) is 0 Å². The third-order valence-electron chi connectivity index (χ3n) is 15.2. The Morgan fingerprint density at radius 3 is 2.00 bits per heavy atom. The molecule has 0 aromatic carbocycles. The Labute approximate surface area is 302 Å². The van der Waals surface area contributed by atoms with Gasteiger partial charge in [-0.25, -0.2) is 0 Å². The largest absolute Gasteiger partial charge is 0.393 e. The molecular formula is C38H66O13. The van der Waals surface area contributed by atoms with Gasteiger partial charge in [-0.3, -0.25) is 0 Å². The highest BCUT2D eigenvalue weighted by Gasteiger charge is 2.72. The van der Waals surface area contributed by atoms with E-state index in [9.17, 15) is 46.0 Å². The van der Waals surface area contributed by atoms with E-state index in [1.54, 1.807) is 0 Å². The summed E-state index contributed by atoms with van der Waals surface area (Å²) in [6.07, 6.45) is -5.37. The fourth-order valence-corrected chi connectivity index (χ4v) is 11.8. The lowest BCUT2D eigenvalue weighted by atomic mass is 9.42. The molecule has 296 valence electrons. The zero-order valence-corrected chi connectivity index (χ0v) is 31.0. The molecule has 0 bridgehead atoms. The summed E-state index contributed by atoms with van der Waals surface area (Å²) in [5.41, 5.74) is -2.20. The van der Waals surface area contributed by atoms with Crippen molar-refractivity contribution in [3.05, 3.63) is 0 Å². The Balaban J connectivity index is 1.10. The first-order valence-corrected chi connectivity index (χ1v) is 19.6. The average molecular weight is 731 g/mol. The van der Waals surface area contributed by atoms with Crippen LogP contribution in [0.2, 0.25) is 0 Å². The van der Waals surface area contributed by atoms with Gasteiger partial charge in [-0.1, -0.05) is 41.0 Å². The highest BCUT2D eigenvalue weighted by molar-refractivity contribution is 5.22. The van der Waals surface area contributed by atoms with E-state index < -0.39 is 78.3 Å². The molecule has 6 fully saturated rings. The second kappa shape index (κ2) is 15.2. The second-order valence-electron chi connectivity index (χ2n) is 18.2. The lowest BCUT2D eigenvalue weighted by molar-refractivity contribution is -0.296. The third-order valence-corrected chi connectivity index (χ3v) is 15.2. The van der Waals surface area contributed by atoms with Crippen molar-refractivity contribution in [1.82, 2.24) is 0 Å². The van der Waals surface area contributed by atoms with Crippen LogP contribution >= 0.6 is 0 Å². The van der Waals surface area contributed by atoms with Gasteiger partial charge in [0, 0.05) is 11.3 Å². The zero-order valence-electron chi connectivity index (χ0n) is 31.0. The topological polar surface area (TPSA) is 219 Å². The number of hydrogen-bond acceptors (Lipinski definition) is 13. The molecule has 9 N–H and O–H groups in total. The minimum atomic E-state index is -1.44. The van der Waals surface area contributed by atoms with Gasteiger partial charge in [-0.2, -0.15) is 0 Å². The Morgan fingerprint density at radius 2 is 1.35 bits per heavy atom. The number of aliphatic hydroxyl groups excluding tert-OH is 8. The Kier molecular flexibility index (Phi) is 12.0. The van der Waals surface area contributed by atoms with E-state index in [1.807, 2.05) is 0 Å². The average Bonchev–Trinajstić information content (AvgIpc) is 3.30. The molecule has 0 spiro atoms. The van der Waals surface area contributed by atoms with E-state index in [1.165, 1.54) is 0 Å². The summed E-state index contributed by atoms with van der Waals surface area (Å²) >= 11 is 0. The van der Waals surface area contributed by atoms with Crippen LogP contribution in [0, 0.1) is 52.3 Å². The third kappa shape index (κ3) is 6.97. The van der Waals surface area contributed by atoms with Crippen molar-refractivity contribution in [3.63, 3.8) is 0 Å². The molecule has 13 heteroatoms. The van der Waals surface area contributed by atoms with Crippen molar-refractivity contribution in [2.45, 2.75) is 166 Å². The van der Waals surface area contributed by atoms with E-state index >= 15 is 0 Å². The summed E-state index contributed by atoms with van der Waals surface area (Å²) in [6.45, 7) is 10.9. The maximum atomic E-state index is 12.8. The van der Waals surface area contributed by atoms with E-state index in [-0.39, 0.29) is 60.2 Å². The van der Waals surface area contributed by atoms with Crippen LogP contribution in [0.5, 0.6) is 0 Å². The minimum Gasteiger partial charge on any atom is -0.393 e. The van der Waals surface area contributed by atoms with Gasteiger partial charge in [0.15, 0.2) is 12.6 Å². The first-order valence-electron chi connectivity index (χ1n) is 19.6. The van der Waals surface area contributed by atoms with E-state index in [0.717, 1.165) is 32.1 Å². The second-order valence-corrected chi connectivity index (χ2v) is 18.2. The van der Waals surface area contributed by atoms with Crippen LogP contribution in [-0.2, 0) is 18.9 Å². The standard InChI is InChI=1S/C38H66O13/c1-18(2)20(15-48-34-32(45)30(43)26(40)16-49-34)7-6-19(3)24-14-28(42)38(47)29-23(9-11-37(24,38)5)36(4)10-8-22(12-21(36)13-25(29)39)51-35-33(46)31(44)27(41)17-50-35/h18-35,39-47H,6-17H2,1-5H3/t19-,20-,21-,22+,23+,24-,25-,26-,27-,28+,29+,30+,31+,32-,33-,34-,35+,36+,37-,38-/m1/s1. The molecule has 4 saturated carbocycles. The fourth-order valence-electron chi connectivity index (χ4n) is 11.8. The molecule has 2 saturated heterocycles. The molecule has 6 aliphatic rings. The molecule has 0 radical (unpaired) electrons. The molecule has 0 aromatic rings. The van der Waals surface area contributed by atoms with Gasteiger partial charge in [0.05, 0.1) is 38.1 Å². The van der Waals surface area contributed by atoms with Gasteiger partial charge >= 0.3 is 0 Å². The lowest BCUT2D eigenvalue weighted by Gasteiger charge is -2.65. The first-order chi connectivity index (χ1) is 23.9. The van der Waals surface area contributed by atoms with Crippen LogP contribution in [0.25, 0.3) is 0 Å². The summed E-state index contributed by atoms with van der Waals surface area (Å²) in [6, 6.07) is 0. The van der Waals surface area contributed by atoms with E-state index in [2.05, 4.69) is 34.6 Å². The van der Waals surface area contributed by atoms with Crippen molar-refractivity contribution in [2.24, 2.45) is 52.3 Å². The molecule has 0 aromatic heterocycles. The maximum absolute atomic E-state index is 12.8. The highest BCUT2D eigenvalue weighted by Crippen LogP contribution is 2.70. The molecule has 2 heterocycles. The van der Waals surface area contributed by atoms with Gasteiger partial charge < -0.3 is 64.9 Å². The Morgan fingerprint density at radius 1 is 0.725 bits per heavy atom. The highest BCUT2D eigenvalue weighted by atomic mass is 16.7. The molecule has 0 unspecified atom stereocenters. The number of aliphatic hydroxyl groups is 9. The molecular weight excluding hydrogens is 664 g/mol. The van der Waals surface area contributed by atoms with Crippen LogP contribution in [0.4, 0.5) is 0 Å². The van der Waals surface area contributed by atoms with Crippen LogP contribution in [-0.4, -0.2) is 139 Å². The summed E-state index contributed by atoms with van der Waals surface area (Å²) in [5, 5.41) is 97.1. The number of hydrogen-bond donors (Lipinski definition) is 9. The molecule has 6 rings (SSSR count). The van der Waals surface area contributed by atoms with Crippen molar-refractivity contribution >= 4 is 0 Å². The van der Waals surface area contributed by atoms with Crippen molar-refractivity contribution in [2.75, 3.05) is 19.8 Å². The smallest absolute Gasteiger partial charge is 0.186 e. The molecule has 0 amide bonds. The minimum absolute atomic E-state index is 0.0157. The predicted molar refractivity (Wildman–Crippen MR) is 183 cm³/mol. The summed E-state index contributed by atoms with van der Waals surface area (Å²) in [4.78, 5) is 0. The number of ether oxygens (including phenoxy) is 4. The molecule has 13 nitrogen and oxygen atoms in total. The molecule has 2 aliphatic heterocycles. The zero-order chi connectivity index (χ0) is 37.2. The van der Waals surface area contributed by atoms with Crippen molar-refractivity contribution in [3.8, 4) is 0 Å². The van der Waals surface area contributed by atoms with E-state index in [4.69, 9.17) is 18.9 Å². The molecule has 20 atom stereocenters. The summed E-state index contributed by atoms with van der Waals surface area (Å²) in [7, 11) is 0. The Bertz CT molecular complexity index is 1180. The van der Waals surface area contributed by atoms with Crippen LogP contribution < -0.4 is 0 Å². The van der Waals surface area contributed by atoms with Crippen molar-refractivity contribution in [1.29, 1.82) is 0 Å². The summed E-state index contributed by atoms with van der Waals surface area (Å²) < 4.78 is 23.0. The SMILES string of the molecule is CC(C)[C@H](CC[C@@H](C)[C@H]1C[C@H](O)[C@@]2(O)[C@@H]3[C@H](O)C[C@H]4C[C@@H](O[C@@H]5OC[C@@H](O)[C@H](O)[C@H]5O)CC[C@]4(C)[C@H]3CC[C@]12C)CO[C@@H]1OC[C@@H](O)[C@H](O)[C@H]1O. The molecule has 51 heavy (non-hydrogen) atoms. The summed E-state index contributed by atoms with van der Waals surface area (Å²) in [5.74, 6) is 0.299. The normalized spacial score (nSPS) is 52.9. The molecule has 4 aliphatic carbocycles. The van der Waals surface area contributed by atoms with Crippen molar-refractivity contribution < 1.29 is 64.9 Å². The maximum Gasteiger partial charge on any atom is 0.186 e. The number of rotatable bonds is 10. The Hall–Kier alpha value is -0.520. The monoisotopic (exact) mass is 730 g/mol. The van der Waals surface area contributed by atoms with Gasteiger partial charge in [-0.05, 0) is 92.3 Å². The quantitative estimate of drug-likeness (QED) is 0.141. The van der Waals surface area contributed by atoms with Gasteiger partial charge in [-0.15, -0.1) is 0 Å². The fraction of sp³-hybridized carbons (Fsp3) is 1.00.